The number of carbonyl (C=O) groups is 3. The number of aromatic nitrogens is 1. The van der Waals surface area contributed by atoms with E-state index < -0.39 is 18.5 Å². The minimum atomic E-state index is -0.621. The molecule has 1 heterocycles. The van der Waals surface area contributed by atoms with Crippen LogP contribution in [0, 0.1) is 6.92 Å². The van der Waals surface area contributed by atoms with Gasteiger partial charge in [0, 0.05) is 19.0 Å². The number of hydrogen-bond acceptors (Lipinski definition) is 7. The second-order valence-electron chi connectivity index (χ2n) is 6.35. The maximum Gasteiger partial charge on any atom is 0.338 e. The van der Waals surface area contributed by atoms with Crippen LogP contribution in [0.2, 0.25) is 0 Å². The lowest BCUT2D eigenvalue weighted by Crippen LogP contribution is -2.40. The molecule has 2 rings (SSSR count). The number of aryl methyl sites for hydroxylation is 1. The highest BCUT2D eigenvalue weighted by molar-refractivity contribution is 7.09. The Hall–Kier alpha value is -2.94. The van der Waals surface area contributed by atoms with Crippen LogP contribution in [0.15, 0.2) is 29.6 Å². The number of amides is 2. The normalized spacial score (nSPS) is 10.3. The average Bonchev–Trinajstić information content (AvgIpc) is 3.14. The van der Waals surface area contributed by atoms with Gasteiger partial charge in [0.2, 0.25) is 5.91 Å². The number of carbonyl (C=O) groups excluding carboxylic acids is 3. The Bertz CT molecular complexity index is 835. The van der Waals surface area contributed by atoms with Crippen LogP contribution in [0.5, 0.6) is 5.75 Å². The molecule has 2 aromatic rings. The highest BCUT2D eigenvalue weighted by Crippen LogP contribution is 2.16. The molecule has 0 aliphatic carbocycles. The molecule has 0 saturated carbocycles. The Morgan fingerprint density at radius 2 is 1.93 bits per heavy atom. The molecule has 0 fully saturated rings. The van der Waals surface area contributed by atoms with Gasteiger partial charge >= 0.3 is 5.97 Å². The number of ether oxygens (including phenoxy) is 2. The molecule has 1 aromatic heterocycles. The third-order valence-electron chi connectivity index (χ3n) is 3.85. The lowest BCUT2D eigenvalue weighted by Gasteiger charge is -2.16. The summed E-state index contributed by atoms with van der Waals surface area (Å²) >= 11 is 1.56. The van der Waals surface area contributed by atoms with E-state index in [1.165, 1.54) is 11.9 Å². The molecule has 0 atom stereocenters. The fraction of sp³-hybridized carbons (Fsp3) is 0.400. The Balaban J connectivity index is 1.76. The van der Waals surface area contributed by atoms with Gasteiger partial charge in [-0.25, -0.2) is 9.78 Å². The van der Waals surface area contributed by atoms with Crippen LogP contribution in [-0.4, -0.2) is 54.4 Å². The fourth-order valence-electron chi connectivity index (χ4n) is 2.26. The van der Waals surface area contributed by atoms with Crippen LogP contribution in [0.1, 0.15) is 34.4 Å². The summed E-state index contributed by atoms with van der Waals surface area (Å²) in [7, 11) is 1.48. The molecular weight excluding hydrogens is 394 g/mol. The molecule has 0 spiro atoms. The molecule has 0 bridgehead atoms. The standard InChI is InChI=1S/C20H25N3O5S/c1-4-9-21-18(24)10-23(3)19(25)12-28-20(26)15-5-7-17(8-6-15)27-11-16-13-29-14(2)22-16/h5-8,13H,4,9-12H2,1-3H3,(H,21,24). The number of rotatable bonds is 10. The van der Waals surface area contributed by atoms with Crippen molar-refractivity contribution < 1.29 is 23.9 Å². The Morgan fingerprint density at radius 1 is 1.21 bits per heavy atom. The van der Waals surface area contributed by atoms with Gasteiger partial charge in [-0.1, -0.05) is 6.92 Å². The van der Waals surface area contributed by atoms with Crippen molar-refractivity contribution in [1.29, 1.82) is 0 Å². The maximum atomic E-state index is 12.1. The Labute approximate surface area is 173 Å². The van der Waals surface area contributed by atoms with Crippen molar-refractivity contribution in [2.45, 2.75) is 26.9 Å². The van der Waals surface area contributed by atoms with Crippen molar-refractivity contribution in [2.75, 3.05) is 26.7 Å². The highest BCUT2D eigenvalue weighted by Gasteiger charge is 2.16. The second kappa shape index (κ2) is 11.2. The van der Waals surface area contributed by atoms with E-state index >= 15 is 0 Å². The molecule has 0 radical (unpaired) electrons. The minimum Gasteiger partial charge on any atom is -0.487 e. The first-order chi connectivity index (χ1) is 13.9. The van der Waals surface area contributed by atoms with Crippen LogP contribution in [0.25, 0.3) is 0 Å². The zero-order chi connectivity index (χ0) is 21.2. The molecular formula is C20H25N3O5S. The van der Waals surface area contributed by atoms with Crippen molar-refractivity contribution in [3.05, 3.63) is 45.9 Å². The average molecular weight is 420 g/mol. The summed E-state index contributed by atoms with van der Waals surface area (Å²) in [5.74, 6) is -0.731. The quantitative estimate of drug-likeness (QED) is 0.593. The van der Waals surface area contributed by atoms with Crippen LogP contribution < -0.4 is 10.1 Å². The van der Waals surface area contributed by atoms with E-state index in [0.29, 0.717) is 24.5 Å². The minimum absolute atomic E-state index is 0.0824. The van der Waals surface area contributed by atoms with E-state index in [4.69, 9.17) is 9.47 Å². The first-order valence-electron chi connectivity index (χ1n) is 9.20. The van der Waals surface area contributed by atoms with Crippen LogP contribution in [-0.2, 0) is 20.9 Å². The number of likely N-dealkylation sites (N-methyl/N-ethyl adjacent to an activating group) is 1. The Morgan fingerprint density at radius 3 is 2.55 bits per heavy atom. The monoisotopic (exact) mass is 419 g/mol. The van der Waals surface area contributed by atoms with Crippen molar-refractivity contribution >= 4 is 29.1 Å². The van der Waals surface area contributed by atoms with Gasteiger partial charge in [-0.05, 0) is 37.6 Å². The van der Waals surface area contributed by atoms with E-state index in [-0.39, 0.29) is 12.5 Å². The lowest BCUT2D eigenvalue weighted by molar-refractivity contribution is -0.137. The molecule has 0 aliphatic heterocycles. The summed E-state index contributed by atoms with van der Waals surface area (Å²) in [6, 6.07) is 6.44. The van der Waals surface area contributed by atoms with E-state index in [1.54, 1.807) is 35.6 Å². The molecule has 8 nitrogen and oxygen atoms in total. The topological polar surface area (TPSA) is 97.8 Å². The van der Waals surface area contributed by atoms with Gasteiger partial charge < -0.3 is 19.7 Å². The van der Waals surface area contributed by atoms with Crippen molar-refractivity contribution in [2.24, 2.45) is 0 Å². The van der Waals surface area contributed by atoms with Crippen LogP contribution in [0.4, 0.5) is 0 Å². The van der Waals surface area contributed by atoms with E-state index in [1.807, 2.05) is 19.2 Å². The third kappa shape index (κ3) is 7.53. The fourth-order valence-corrected chi connectivity index (χ4v) is 2.86. The zero-order valence-electron chi connectivity index (χ0n) is 16.8. The number of hydrogen-bond donors (Lipinski definition) is 1. The first kappa shape index (κ1) is 22.4. The third-order valence-corrected chi connectivity index (χ3v) is 4.67. The molecule has 156 valence electrons. The smallest absolute Gasteiger partial charge is 0.338 e. The predicted molar refractivity (Wildman–Crippen MR) is 109 cm³/mol. The molecule has 1 N–H and O–H groups in total. The van der Waals surface area contributed by atoms with Crippen molar-refractivity contribution in [3.63, 3.8) is 0 Å². The van der Waals surface area contributed by atoms with Gasteiger partial charge in [-0.3, -0.25) is 9.59 Å². The van der Waals surface area contributed by atoms with Gasteiger partial charge in [0.15, 0.2) is 6.61 Å². The first-order valence-corrected chi connectivity index (χ1v) is 10.1. The molecule has 0 aliphatic rings. The number of esters is 1. The summed E-state index contributed by atoms with van der Waals surface area (Å²) in [4.78, 5) is 41.3. The number of thiazole rings is 1. The van der Waals surface area contributed by atoms with Crippen molar-refractivity contribution in [3.8, 4) is 5.75 Å². The number of nitrogens with one attached hydrogen (secondary N) is 1. The summed E-state index contributed by atoms with van der Waals surface area (Å²) in [6.45, 7) is 4.26. The molecule has 1 aromatic carbocycles. The zero-order valence-corrected chi connectivity index (χ0v) is 17.6. The molecule has 29 heavy (non-hydrogen) atoms. The Kier molecular flexibility index (Phi) is 8.60. The van der Waals surface area contributed by atoms with Gasteiger partial charge in [0.1, 0.15) is 12.4 Å². The number of nitrogens with zero attached hydrogens (tertiary/aromatic N) is 2. The molecule has 0 saturated heterocycles. The SMILES string of the molecule is CCCNC(=O)CN(C)C(=O)COC(=O)c1ccc(OCc2csc(C)n2)cc1. The molecule has 2 amide bonds. The van der Waals surface area contributed by atoms with E-state index in [2.05, 4.69) is 10.3 Å². The largest absolute Gasteiger partial charge is 0.487 e. The van der Waals surface area contributed by atoms with Crippen LogP contribution in [0.3, 0.4) is 0 Å². The van der Waals surface area contributed by atoms with E-state index in [0.717, 1.165) is 17.1 Å². The summed E-state index contributed by atoms with van der Waals surface area (Å²) in [5, 5.41) is 5.59. The summed E-state index contributed by atoms with van der Waals surface area (Å²) < 4.78 is 10.7. The van der Waals surface area contributed by atoms with E-state index in [9.17, 15) is 14.4 Å². The van der Waals surface area contributed by atoms with Crippen molar-refractivity contribution in [1.82, 2.24) is 15.2 Å². The second-order valence-corrected chi connectivity index (χ2v) is 7.41. The summed E-state index contributed by atoms with van der Waals surface area (Å²) in [6.07, 6.45) is 0.815. The predicted octanol–water partition coefficient (Wildman–Crippen LogP) is 2.17. The van der Waals surface area contributed by atoms with Gasteiger partial charge in [0.05, 0.1) is 22.8 Å². The van der Waals surface area contributed by atoms with Gasteiger partial charge in [0.25, 0.3) is 5.91 Å². The maximum absolute atomic E-state index is 12.1. The van der Waals surface area contributed by atoms with Gasteiger partial charge in [-0.2, -0.15) is 0 Å². The lowest BCUT2D eigenvalue weighted by atomic mass is 10.2. The van der Waals surface area contributed by atoms with Gasteiger partial charge in [-0.15, -0.1) is 11.3 Å². The molecule has 0 unspecified atom stereocenters. The van der Waals surface area contributed by atoms with Crippen LogP contribution >= 0.6 is 11.3 Å². The summed E-state index contributed by atoms with van der Waals surface area (Å²) in [5.41, 5.74) is 1.15. The highest BCUT2D eigenvalue weighted by atomic mass is 32.1. The number of benzene rings is 1. The molecule has 9 heteroatoms.